The summed E-state index contributed by atoms with van der Waals surface area (Å²) in [6.45, 7) is 4.05. The van der Waals surface area contributed by atoms with Gasteiger partial charge in [-0.3, -0.25) is 4.98 Å². The Labute approximate surface area is 120 Å². The number of halogens is 1. The second-order valence-corrected chi connectivity index (χ2v) is 5.31. The fourth-order valence-electron chi connectivity index (χ4n) is 2.41. The van der Waals surface area contributed by atoms with E-state index < -0.39 is 5.97 Å². The van der Waals surface area contributed by atoms with E-state index in [4.69, 9.17) is 0 Å². The summed E-state index contributed by atoms with van der Waals surface area (Å²) in [6, 6.07) is 5.56. The summed E-state index contributed by atoms with van der Waals surface area (Å²) in [7, 11) is 0. The van der Waals surface area contributed by atoms with Crippen molar-refractivity contribution < 1.29 is 9.90 Å². The molecule has 1 aromatic carbocycles. The summed E-state index contributed by atoms with van der Waals surface area (Å²) in [5.74, 6) is -0.875. The molecule has 0 unspecified atom stereocenters. The van der Waals surface area contributed by atoms with Crippen molar-refractivity contribution >= 4 is 32.8 Å². The first-order valence-electron chi connectivity index (χ1n) is 6.43. The zero-order valence-electron chi connectivity index (χ0n) is 11.0. The van der Waals surface area contributed by atoms with E-state index in [0.29, 0.717) is 17.4 Å². The summed E-state index contributed by atoms with van der Waals surface area (Å²) in [6.07, 6.45) is 2.45. The number of aromatic nitrogens is 1. The van der Waals surface area contributed by atoms with Gasteiger partial charge in [0.15, 0.2) is 0 Å². The lowest BCUT2D eigenvalue weighted by molar-refractivity contribution is 0.0697. The number of carboxylic acids is 1. The number of hydrogen-bond donors (Lipinski definition) is 1. The Balaban J connectivity index is 2.90. The smallest absolute Gasteiger partial charge is 0.336 e. The molecule has 1 N–H and O–H groups in total. The van der Waals surface area contributed by atoms with E-state index in [9.17, 15) is 9.90 Å². The molecule has 0 spiro atoms. The summed E-state index contributed by atoms with van der Waals surface area (Å²) in [5, 5.41) is 10.2. The molecule has 1 aromatic heterocycles. The molecule has 0 bridgehead atoms. The Hall–Kier alpha value is -1.42. The Bertz CT molecular complexity index is 638. The highest BCUT2D eigenvalue weighted by Gasteiger charge is 2.19. The maximum absolute atomic E-state index is 11.6. The number of para-hydroxylation sites is 1. The van der Waals surface area contributed by atoms with Gasteiger partial charge in [-0.05, 0) is 40.4 Å². The molecule has 100 valence electrons. The molecule has 4 heteroatoms. The first-order chi connectivity index (χ1) is 9.10. The largest absolute Gasteiger partial charge is 0.478 e. The van der Waals surface area contributed by atoms with E-state index in [2.05, 4.69) is 27.8 Å². The minimum Gasteiger partial charge on any atom is -0.478 e. The number of aryl methyl sites for hydroxylation is 1. The van der Waals surface area contributed by atoms with E-state index in [1.807, 2.05) is 25.1 Å². The number of rotatable bonds is 4. The molecule has 0 aliphatic carbocycles. The fraction of sp³-hybridized carbons (Fsp3) is 0.333. The molecule has 0 saturated heterocycles. The van der Waals surface area contributed by atoms with Crippen LogP contribution in [0.3, 0.4) is 0 Å². The monoisotopic (exact) mass is 321 g/mol. The molecule has 19 heavy (non-hydrogen) atoms. The van der Waals surface area contributed by atoms with Crippen LogP contribution in [0.15, 0.2) is 22.7 Å². The molecule has 0 aliphatic heterocycles. The van der Waals surface area contributed by atoms with Gasteiger partial charge >= 0.3 is 5.97 Å². The number of aromatic carboxylic acids is 1. The molecule has 0 aliphatic rings. The third-order valence-electron chi connectivity index (χ3n) is 3.21. The van der Waals surface area contributed by atoms with Crippen LogP contribution in [-0.4, -0.2) is 16.1 Å². The molecular formula is C15H16BrNO2. The number of hydrogen-bond acceptors (Lipinski definition) is 2. The molecule has 0 atom stereocenters. The average Bonchev–Trinajstić information content (AvgIpc) is 2.38. The first-order valence-corrected chi connectivity index (χ1v) is 7.22. The number of benzene rings is 1. The lowest BCUT2D eigenvalue weighted by Crippen LogP contribution is -2.09. The van der Waals surface area contributed by atoms with Gasteiger partial charge in [-0.25, -0.2) is 4.79 Å². The molecule has 0 saturated carbocycles. The van der Waals surface area contributed by atoms with Gasteiger partial charge in [0, 0.05) is 15.6 Å². The number of carbonyl (C=O) groups is 1. The van der Waals surface area contributed by atoms with Gasteiger partial charge in [0.1, 0.15) is 0 Å². The zero-order chi connectivity index (χ0) is 14.0. The van der Waals surface area contributed by atoms with Crippen LogP contribution in [0.5, 0.6) is 0 Å². The zero-order valence-corrected chi connectivity index (χ0v) is 12.6. The average molecular weight is 322 g/mol. The minimum absolute atomic E-state index is 0.400. The Morgan fingerprint density at radius 3 is 2.68 bits per heavy atom. The Morgan fingerprint density at radius 1 is 1.37 bits per heavy atom. The van der Waals surface area contributed by atoms with Gasteiger partial charge in [0.2, 0.25) is 0 Å². The van der Waals surface area contributed by atoms with Crippen LogP contribution >= 0.6 is 15.9 Å². The fourth-order valence-corrected chi connectivity index (χ4v) is 2.86. The van der Waals surface area contributed by atoms with Crippen molar-refractivity contribution in [3.05, 3.63) is 39.5 Å². The predicted molar refractivity (Wildman–Crippen MR) is 79.8 cm³/mol. The van der Waals surface area contributed by atoms with Gasteiger partial charge in [0.05, 0.1) is 11.1 Å². The highest BCUT2D eigenvalue weighted by Crippen LogP contribution is 2.29. The Kier molecular flexibility index (Phi) is 4.20. The molecule has 0 fully saturated rings. The number of carboxylic acid groups (broad SMARTS) is 1. The van der Waals surface area contributed by atoms with Gasteiger partial charge in [-0.1, -0.05) is 32.4 Å². The maximum atomic E-state index is 11.6. The van der Waals surface area contributed by atoms with Crippen molar-refractivity contribution in [2.45, 2.75) is 33.1 Å². The summed E-state index contributed by atoms with van der Waals surface area (Å²) in [4.78, 5) is 16.3. The van der Waals surface area contributed by atoms with Crippen molar-refractivity contribution in [2.75, 3.05) is 0 Å². The molecule has 0 amide bonds. The van der Waals surface area contributed by atoms with Crippen molar-refractivity contribution in [2.24, 2.45) is 0 Å². The van der Waals surface area contributed by atoms with E-state index >= 15 is 0 Å². The van der Waals surface area contributed by atoms with Gasteiger partial charge in [-0.15, -0.1) is 0 Å². The van der Waals surface area contributed by atoms with E-state index in [0.717, 1.165) is 34.1 Å². The van der Waals surface area contributed by atoms with Gasteiger partial charge < -0.3 is 5.11 Å². The third-order valence-corrected chi connectivity index (χ3v) is 3.85. The molecule has 2 rings (SSSR count). The standard InChI is InChI=1S/C15H16BrNO2/c1-3-6-12-9(4-2)13(15(18)19)10-7-5-8-11(16)14(10)17-12/h5,7-8H,3-4,6H2,1-2H3,(H,18,19). The lowest BCUT2D eigenvalue weighted by atomic mass is 9.96. The van der Waals surface area contributed by atoms with E-state index in [1.165, 1.54) is 0 Å². The van der Waals surface area contributed by atoms with Crippen LogP contribution < -0.4 is 0 Å². The van der Waals surface area contributed by atoms with E-state index in [1.54, 1.807) is 0 Å². The van der Waals surface area contributed by atoms with Crippen LogP contribution in [0.1, 0.15) is 41.9 Å². The quantitative estimate of drug-likeness (QED) is 0.917. The van der Waals surface area contributed by atoms with Gasteiger partial charge in [-0.2, -0.15) is 0 Å². The van der Waals surface area contributed by atoms with Crippen molar-refractivity contribution in [1.29, 1.82) is 0 Å². The molecule has 3 nitrogen and oxygen atoms in total. The SMILES string of the molecule is CCCc1nc2c(Br)cccc2c(C(=O)O)c1CC. The summed E-state index contributed by atoms with van der Waals surface area (Å²) >= 11 is 3.46. The predicted octanol–water partition coefficient (Wildman–Crippen LogP) is 4.21. The van der Waals surface area contributed by atoms with Crippen LogP contribution in [0.2, 0.25) is 0 Å². The normalized spacial score (nSPS) is 10.9. The number of fused-ring (bicyclic) bond motifs is 1. The lowest BCUT2D eigenvalue weighted by Gasteiger charge is -2.14. The van der Waals surface area contributed by atoms with Gasteiger partial charge in [0.25, 0.3) is 0 Å². The molecule has 1 heterocycles. The second kappa shape index (κ2) is 5.70. The van der Waals surface area contributed by atoms with Crippen molar-refractivity contribution in [3.8, 4) is 0 Å². The topological polar surface area (TPSA) is 50.2 Å². The summed E-state index contributed by atoms with van der Waals surface area (Å²) in [5.41, 5.74) is 2.90. The number of nitrogens with zero attached hydrogens (tertiary/aromatic N) is 1. The maximum Gasteiger partial charge on any atom is 0.336 e. The summed E-state index contributed by atoms with van der Waals surface area (Å²) < 4.78 is 0.840. The third kappa shape index (κ3) is 2.50. The van der Waals surface area contributed by atoms with Crippen molar-refractivity contribution in [3.63, 3.8) is 0 Å². The second-order valence-electron chi connectivity index (χ2n) is 4.46. The Morgan fingerprint density at radius 2 is 2.11 bits per heavy atom. The minimum atomic E-state index is -0.875. The molecule has 2 aromatic rings. The highest BCUT2D eigenvalue weighted by molar-refractivity contribution is 9.10. The van der Waals surface area contributed by atoms with E-state index in [-0.39, 0.29) is 0 Å². The first kappa shape index (κ1) is 14.0. The van der Waals surface area contributed by atoms with Crippen LogP contribution in [0.25, 0.3) is 10.9 Å². The van der Waals surface area contributed by atoms with Crippen LogP contribution in [0.4, 0.5) is 0 Å². The van der Waals surface area contributed by atoms with Crippen molar-refractivity contribution in [1.82, 2.24) is 4.98 Å². The molecular weight excluding hydrogens is 306 g/mol. The van der Waals surface area contributed by atoms with Crippen LogP contribution in [-0.2, 0) is 12.8 Å². The van der Waals surface area contributed by atoms with Crippen LogP contribution in [0, 0.1) is 0 Å². The molecule has 0 radical (unpaired) electrons. The number of pyridine rings is 1. The highest BCUT2D eigenvalue weighted by atomic mass is 79.9.